The van der Waals surface area contributed by atoms with Gasteiger partial charge in [0.05, 0.1) is 13.2 Å². The zero-order valence-corrected chi connectivity index (χ0v) is 15.1. The van der Waals surface area contributed by atoms with Gasteiger partial charge in [-0.3, -0.25) is 0 Å². The van der Waals surface area contributed by atoms with E-state index in [-0.39, 0.29) is 17.7 Å². The average molecular weight is 358 g/mol. The van der Waals surface area contributed by atoms with Crippen LogP contribution >= 0.6 is 0 Å². The molecule has 3 rings (SSSR count). The second-order valence-electron chi connectivity index (χ2n) is 6.62. The van der Waals surface area contributed by atoms with Crippen molar-refractivity contribution in [3.05, 3.63) is 35.8 Å². The highest BCUT2D eigenvalue weighted by Gasteiger charge is 2.24. The van der Waals surface area contributed by atoms with Crippen molar-refractivity contribution in [2.24, 2.45) is 22.4 Å². The predicted octanol–water partition coefficient (Wildman–Crippen LogP) is 3.41. The van der Waals surface area contributed by atoms with E-state index in [4.69, 9.17) is 20.9 Å². The normalized spacial score (nSPS) is 15.6. The number of hydrogen-bond donors (Lipinski definition) is 2. The van der Waals surface area contributed by atoms with Gasteiger partial charge in [-0.05, 0) is 62.3 Å². The number of methoxy groups -OCH3 is 1. The summed E-state index contributed by atoms with van der Waals surface area (Å²) in [6.07, 6.45) is 3.71. The van der Waals surface area contributed by atoms with Crippen molar-refractivity contribution in [1.29, 1.82) is 0 Å². The number of allylic oxidation sites excluding steroid dienone is 1. The first-order valence-electron chi connectivity index (χ1n) is 8.53. The molecule has 26 heavy (non-hydrogen) atoms. The third kappa shape index (κ3) is 4.04. The summed E-state index contributed by atoms with van der Waals surface area (Å²) in [7, 11) is 1.42. The fourth-order valence-corrected chi connectivity index (χ4v) is 2.61. The van der Waals surface area contributed by atoms with Crippen LogP contribution < -0.4 is 20.9 Å². The fourth-order valence-electron chi connectivity index (χ4n) is 2.61. The minimum Gasteiger partial charge on any atom is -0.494 e. The van der Waals surface area contributed by atoms with E-state index in [1.165, 1.54) is 13.2 Å². The summed E-state index contributed by atoms with van der Waals surface area (Å²) in [6, 6.07) is 4.64. The number of amidine groups is 1. The van der Waals surface area contributed by atoms with Crippen molar-refractivity contribution < 1.29 is 13.9 Å². The lowest BCUT2D eigenvalue weighted by Gasteiger charge is -2.13. The van der Waals surface area contributed by atoms with Gasteiger partial charge in [0.25, 0.3) is 0 Å². The first-order valence-corrected chi connectivity index (χ1v) is 8.53. The highest BCUT2D eigenvalue weighted by atomic mass is 19.1. The van der Waals surface area contributed by atoms with Crippen molar-refractivity contribution in [3.63, 3.8) is 0 Å². The van der Waals surface area contributed by atoms with Crippen molar-refractivity contribution >= 4 is 22.4 Å². The Kier molecular flexibility index (Phi) is 4.97. The molecule has 0 atom stereocenters. The molecule has 1 aliphatic carbocycles. The van der Waals surface area contributed by atoms with Gasteiger partial charge in [0.15, 0.2) is 17.4 Å². The van der Waals surface area contributed by atoms with Gasteiger partial charge in [0.1, 0.15) is 5.84 Å². The Bertz CT molecular complexity index is 889. The van der Waals surface area contributed by atoms with E-state index in [1.807, 2.05) is 13.8 Å². The van der Waals surface area contributed by atoms with E-state index in [9.17, 15) is 4.39 Å². The molecule has 0 saturated heterocycles. The van der Waals surface area contributed by atoms with Crippen LogP contribution in [-0.2, 0) is 0 Å². The second kappa shape index (κ2) is 7.19. The molecular weight excluding hydrogens is 335 g/mol. The van der Waals surface area contributed by atoms with Gasteiger partial charge in [-0.25, -0.2) is 9.38 Å². The Morgan fingerprint density at radius 3 is 2.65 bits per heavy atom. The third-order valence-electron chi connectivity index (χ3n) is 4.01. The number of benzene rings is 1. The molecule has 0 radical (unpaired) electrons. The van der Waals surface area contributed by atoms with Crippen LogP contribution in [0.3, 0.4) is 0 Å². The number of nitrogens with two attached hydrogens (primary N) is 2. The van der Waals surface area contributed by atoms with Crippen LogP contribution in [0.5, 0.6) is 11.6 Å². The number of aliphatic imine (C=N–C) groups is 1. The van der Waals surface area contributed by atoms with Crippen LogP contribution in [0.1, 0.15) is 26.7 Å². The Labute approximate surface area is 151 Å². The van der Waals surface area contributed by atoms with Gasteiger partial charge in [-0.2, -0.15) is 4.98 Å². The number of aromatic nitrogens is 1. The standard InChI is InChI=1S/C19H23FN4O2/c1-10(2)26-19-13-8-14(20)16(25-3)6-12(13)7-18(24-19)23-17(22)9-15(21)11-4-5-11/h6-11H,4-5,21H2,1-3H3,(H2,22,23,24)/b15-9-. The maximum absolute atomic E-state index is 14.1. The molecule has 0 amide bonds. The van der Waals surface area contributed by atoms with Gasteiger partial charge in [0, 0.05) is 11.1 Å². The number of nitrogens with zero attached hydrogens (tertiary/aromatic N) is 2. The maximum Gasteiger partial charge on any atom is 0.223 e. The molecule has 0 spiro atoms. The molecule has 0 aliphatic heterocycles. The molecule has 1 saturated carbocycles. The van der Waals surface area contributed by atoms with Crippen LogP contribution in [0.25, 0.3) is 10.8 Å². The van der Waals surface area contributed by atoms with Crippen molar-refractivity contribution in [1.82, 2.24) is 4.98 Å². The molecule has 1 aromatic heterocycles. The van der Waals surface area contributed by atoms with Gasteiger partial charge in [-0.15, -0.1) is 0 Å². The summed E-state index contributed by atoms with van der Waals surface area (Å²) in [5, 5.41) is 1.24. The zero-order chi connectivity index (χ0) is 18.8. The van der Waals surface area contributed by atoms with Crippen molar-refractivity contribution in [2.75, 3.05) is 7.11 Å². The number of halogens is 1. The number of pyridine rings is 1. The Hall–Kier alpha value is -2.83. The van der Waals surface area contributed by atoms with Crippen LogP contribution in [0.15, 0.2) is 35.0 Å². The molecule has 1 aromatic carbocycles. The summed E-state index contributed by atoms with van der Waals surface area (Å²) in [6.45, 7) is 3.74. The Morgan fingerprint density at radius 2 is 2.04 bits per heavy atom. The number of ether oxygens (including phenoxy) is 2. The minimum atomic E-state index is -0.480. The second-order valence-corrected chi connectivity index (χ2v) is 6.62. The highest BCUT2D eigenvalue weighted by Crippen LogP contribution is 2.34. The molecule has 1 heterocycles. The molecule has 6 nitrogen and oxygen atoms in total. The van der Waals surface area contributed by atoms with E-state index in [0.29, 0.717) is 28.4 Å². The Balaban J connectivity index is 2.07. The number of rotatable bonds is 6. The lowest BCUT2D eigenvalue weighted by Crippen LogP contribution is -2.12. The largest absolute Gasteiger partial charge is 0.494 e. The summed E-state index contributed by atoms with van der Waals surface area (Å²) >= 11 is 0. The smallest absolute Gasteiger partial charge is 0.223 e. The summed E-state index contributed by atoms with van der Waals surface area (Å²) in [4.78, 5) is 8.70. The van der Waals surface area contributed by atoms with Crippen molar-refractivity contribution in [3.8, 4) is 11.6 Å². The average Bonchev–Trinajstić information content (AvgIpc) is 3.39. The lowest BCUT2D eigenvalue weighted by atomic mass is 10.1. The summed E-state index contributed by atoms with van der Waals surface area (Å²) < 4.78 is 24.9. The fraction of sp³-hybridized carbons (Fsp3) is 0.368. The zero-order valence-electron chi connectivity index (χ0n) is 15.1. The monoisotopic (exact) mass is 358 g/mol. The topological polar surface area (TPSA) is 95.8 Å². The molecule has 1 fully saturated rings. The quantitative estimate of drug-likeness (QED) is 0.609. The maximum atomic E-state index is 14.1. The van der Waals surface area contributed by atoms with Crippen molar-refractivity contribution in [2.45, 2.75) is 32.8 Å². The van der Waals surface area contributed by atoms with Crippen LogP contribution in [0.2, 0.25) is 0 Å². The summed E-state index contributed by atoms with van der Waals surface area (Å²) in [5.41, 5.74) is 12.7. The van der Waals surface area contributed by atoms with Crippen LogP contribution in [-0.4, -0.2) is 24.0 Å². The van der Waals surface area contributed by atoms with Crippen LogP contribution in [0.4, 0.5) is 10.2 Å². The first-order chi connectivity index (χ1) is 12.4. The molecular formula is C19H23FN4O2. The number of fused-ring (bicyclic) bond motifs is 1. The van der Waals surface area contributed by atoms with Crippen LogP contribution in [0, 0.1) is 11.7 Å². The molecule has 7 heteroatoms. The SMILES string of the molecule is COc1cc2cc(/N=C(N)\C=C(/N)C3CC3)nc(OC(C)C)c2cc1F. The van der Waals surface area contributed by atoms with E-state index >= 15 is 0 Å². The number of hydrogen-bond acceptors (Lipinski definition) is 5. The van der Waals surface area contributed by atoms with E-state index < -0.39 is 5.82 Å². The molecule has 138 valence electrons. The third-order valence-corrected chi connectivity index (χ3v) is 4.01. The molecule has 4 N–H and O–H groups in total. The van der Waals surface area contributed by atoms with E-state index in [1.54, 1.807) is 18.2 Å². The molecule has 2 aromatic rings. The molecule has 0 unspecified atom stereocenters. The minimum absolute atomic E-state index is 0.127. The van der Waals surface area contributed by atoms with Gasteiger partial charge < -0.3 is 20.9 Å². The molecule has 0 bridgehead atoms. The van der Waals surface area contributed by atoms with E-state index in [0.717, 1.165) is 18.5 Å². The predicted molar refractivity (Wildman–Crippen MR) is 100 cm³/mol. The van der Waals surface area contributed by atoms with Gasteiger partial charge >= 0.3 is 0 Å². The first kappa shape index (κ1) is 18.0. The summed E-state index contributed by atoms with van der Waals surface area (Å²) in [5.74, 6) is 0.987. The van der Waals surface area contributed by atoms with Gasteiger partial charge in [-0.1, -0.05) is 0 Å². The van der Waals surface area contributed by atoms with Gasteiger partial charge in [0.2, 0.25) is 5.88 Å². The highest BCUT2D eigenvalue weighted by molar-refractivity contribution is 5.95. The lowest BCUT2D eigenvalue weighted by molar-refractivity contribution is 0.236. The Morgan fingerprint density at radius 1 is 1.31 bits per heavy atom. The molecule has 1 aliphatic rings. The van der Waals surface area contributed by atoms with E-state index in [2.05, 4.69) is 9.98 Å².